The molecule has 0 spiro atoms. The van der Waals surface area contributed by atoms with Gasteiger partial charge in [-0.15, -0.1) is 0 Å². The van der Waals surface area contributed by atoms with E-state index in [1.807, 2.05) is 0 Å². The van der Waals surface area contributed by atoms with E-state index in [0.717, 1.165) is 0 Å². The van der Waals surface area contributed by atoms with Gasteiger partial charge < -0.3 is 5.11 Å². The van der Waals surface area contributed by atoms with Crippen molar-refractivity contribution in [1.82, 2.24) is 0 Å². The van der Waals surface area contributed by atoms with E-state index in [4.69, 9.17) is 5.11 Å². The minimum Gasteiger partial charge on any atom is -0.334 e. The maximum atomic E-state index is 13.8. The molecule has 0 amide bonds. The van der Waals surface area contributed by atoms with Gasteiger partial charge in [-0.3, -0.25) is 0 Å². The van der Waals surface area contributed by atoms with Crippen LogP contribution >= 0.6 is 0 Å². The summed E-state index contributed by atoms with van der Waals surface area (Å²) in [4.78, 5) is 0. The van der Waals surface area contributed by atoms with Crippen LogP contribution in [-0.2, 0) is 0 Å². The van der Waals surface area contributed by atoms with Crippen molar-refractivity contribution in [2.45, 2.75) is 47.8 Å². The molecule has 18 heteroatoms. The maximum absolute atomic E-state index is 13.8. The molecule has 0 bridgehead atoms. The smallest absolute Gasteiger partial charge is 0.334 e. The molecule has 0 radical (unpaired) electrons. The monoisotopic (exact) mass is 436 g/mol. The first-order valence-electron chi connectivity index (χ1n) is 5.19. The first kappa shape index (κ1) is 24.8. The fourth-order valence-corrected chi connectivity index (χ4v) is 1.75. The minimum absolute atomic E-state index is 7.67. The molecule has 0 aromatic rings. The third-order valence-electron chi connectivity index (χ3n) is 2.93. The van der Waals surface area contributed by atoms with Gasteiger partial charge in [0.15, 0.2) is 0 Å². The van der Waals surface area contributed by atoms with E-state index in [1.54, 1.807) is 0 Å². The Morgan fingerprint density at radius 1 is 0.308 bits per heavy atom. The Kier molecular flexibility index (Phi) is 5.37. The lowest BCUT2D eigenvalue weighted by Crippen LogP contribution is -2.84. The van der Waals surface area contributed by atoms with E-state index >= 15 is 0 Å². The highest BCUT2D eigenvalue weighted by Gasteiger charge is 3.02. The Labute approximate surface area is 129 Å². The SMILES string of the molecule is OC(F)(F)C(F)(C(F)(C(F)(F)F)C(F)(F)F)C(F)(C(F)(F)F)C(F)(F)F. The average Bonchev–Trinajstić information content (AvgIpc) is 2.28. The Bertz CT molecular complexity index is 445. The normalized spacial score (nSPS) is 16.8. The van der Waals surface area contributed by atoms with Gasteiger partial charge in [0.25, 0.3) is 0 Å². The van der Waals surface area contributed by atoms with E-state index in [2.05, 4.69) is 0 Å². The van der Waals surface area contributed by atoms with Crippen molar-refractivity contribution < 1.29 is 79.7 Å². The zero-order valence-electron chi connectivity index (χ0n) is 10.9. The molecule has 0 unspecified atom stereocenters. The molecule has 0 saturated carbocycles. The summed E-state index contributed by atoms with van der Waals surface area (Å²) >= 11 is 0. The van der Waals surface area contributed by atoms with Crippen LogP contribution in [0.15, 0.2) is 0 Å². The molecule has 26 heavy (non-hydrogen) atoms. The number of rotatable bonds is 3. The summed E-state index contributed by atoms with van der Waals surface area (Å²) < 4.78 is 213. The Hall–Kier alpha value is -1.23. The lowest BCUT2D eigenvalue weighted by Gasteiger charge is -2.49. The zero-order valence-corrected chi connectivity index (χ0v) is 10.9. The van der Waals surface area contributed by atoms with E-state index in [1.165, 1.54) is 0 Å². The molecular weight excluding hydrogens is 435 g/mol. The number of hydrogen-bond donors (Lipinski definition) is 1. The molecule has 1 nitrogen and oxygen atoms in total. The standard InChI is InChI=1S/C8HF17O/c9-1(8(24,25)26,2(10,4(12,13)14)5(15,16)17)3(11,6(18,19)20)7(21,22)23/h26H. The summed E-state index contributed by atoms with van der Waals surface area (Å²) in [7, 11) is 0. The van der Waals surface area contributed by atoms with Gasteiger partial charge in [0.2, 0.25) is 0 Å². The summed E-state index contributed by atoms with van der Waals surface area (Å²) in [6, 6.07) is 0. The predicted molar refractivity (Wildman–Crippen MR) is 42.9 cm³/mol. The van der Waals surface area contributed by atoms with E-state index in [9.17, 15) is 74.6 Å². The first-order valence-corrected chi connectivity index (χ1v) is 5.19. The van der Waals surface area contributed by atoms with Crippen molar-refractivity contribution in [1.29, 1.82) is 0 Å². The van der Waals surface area contributed by atoms with Gasteiger partial charge in [0.1, 0.15) is 0 Å². The van der Waals surface area contributed by atoms with Gasteiger partial charge in [-0.1, -0.05) is 0 Å². The van der Waals surface area contributed by atoms with Gasteiger partial charge in [-0.05, 0) is 0 Å². The highest BCUT2D eigenvalue weighted by atomic mass is 19.4. The van der Waals surface area contributed by atoms with Gasteiger partial charge in [0.05, 0.1) is 0 Å². The van der Waals surface area contributed by atoms with Crippen LogP contribution in [0, 0.1) is 0 Å². The topological polar surface area (TPSA) is 20.2 Å². The van der Waals surface area contributed by atoms with Crippen LogP contribution in [0.3, 0.4) is 0 Å². The molecule has 0 atom stereocenters. The second kappa shape index (κ2) is 5.63. The Morgan fingerprint density at radius 3 is 0.538 bits per heavy atom. The van der Waals surface area contributed by atoms with Crippen molar-refractivity contribution in [2.75, 3.05) is 0 Å². The summed E-state index contributed by atoms with van der Waals surface area (Å²) in [5.74, 6) is 0. The van der Waals surface area contributed by atoms with Crippen LogP contribution in [0.1, 0.15) is 0 Å². The van der Waals surface area contributed by atoms with Crippen molar-refractivity contribution in [2.24, 2.45) is 0 Å². The molecule has 0 aromatic heterocycles. The van der Waals surface area contributed by atoms with E-state index in [-0.39, 0.29) is 0 Å². The van der Waals surface area contributed by atoms with Gasteiger partial charge in [0, 0.05) is 0 Å². The Balaban J connectivity index is 7.68. The van der Waals surface area contributed by atoms with Crippen LogP contribution in [0.5, 0.6) is 0 Å². The molecule has 0 aliphatic rings. The second-order valence-corrected chi connectivity index (χ2v) is 4.51. The van der Waals surface area contributed by atoms with Crippen LogP contribution in [0.2, 0.25) is 0 Å². The number of hydrogen-bond acceptors (Lipinski definition) is 1. The van der Waals surface area contributed by atoms with E-state index < -0.39 is 47.8 Å². The summed E-state index contributed by atoms with van der Waals surface area (Å²) in [6.45, 7) is 0. The lowest BCUT2D eigenvalue weighted by atomic mass is 9.71. The molecule has 0 aliphatic carbocycles. The summed E-state index contributed by atoms with van der Waals surface area (Å²) in [5.41, 5.74) is -26.8. The van der Waals surface area contributed by atoms with Gasteiger partial charge >= 0.3 is 47.8 Å². The third-order valence-corrected chi connectivity index (χ3v) is 2.93. The maximum Gasteiger partial charge on any atom is 0.435 e. The minimum atomic E-state index is -9.03. The fourth-order valence-electron chi connectivity index (χ4n) is 1.75. The Morgan fingerprint density at radius 2 is 0.462 bits per heavy atom. The van der Waals surface area contributed by atoms with Crippen LogP contribution in [-0.4, -0.2) is 52.9 Å². The predicted octanol–water partition coefficient (Wildman–Crippen LogP) is 4.95. The molecule has 0 aromatic carbocycles. The van der Waals surface area contributed by atoms with Crippen molar-refractivity contribution in [3.8, 4) is 0 Å². The van der Waals surface area contributed by atoms with Crippen LogP contribution in [0.4, 0.5) is 74.6 Å². The molecule has 0 saturated heterocycles. The summed E-state index contributed by atoms with van der Waals surface area (Å²) in [6.07, 6.45) is -41.6. The molecule has 0 aliphatic heterocycles. The molecular formula is C8HF17O. The van der Waals surface area contributed by atoms with Crippen molar-refractivity contribution in [3.05, 3.63) is 0 Å². The first-order chi connectivity index (χ1) is 10.8. The fraction of sp³-hybridized carbons (Fsp3) is 1.00. The largest absolute Gasteiger partial charge is 0.435 e. The molecule has 0 rings (SSSR count). The molecule has 158 valence electrons. The van der Waals surface area contributed by atoms with Gasteiger partial charge in [-0.2, -0.15) is 61.5 Å². The molecule has 0 fully saturated rings. The number of halogens is 17. The lowest BCUT2D eigenvalue weighted by molar-refractivity contribution is -0.493. The number of alkyl halides is 17. The highest BCUT2D eigenvalue weighted by molar-refractivity contribution is 5.26. The second-order valence-electron chi connectivity index (χ2n) is 4.51. The van der Waals surface area contributed by atoms with Gasteiger partial charge in [-0.25, -0.2) is 13.2 Å². The van der Waals surface area contributed by atoms with Crippen LogP contribution < -0.4 is 0 Å². The third kappa shape index (κ3) is 2.83. The molecule has 0 heterocycles. The van der Waals surface area contributed by atoms with Crippen LogP contribution in [0.25, 0.3) is 0 Å². The number of aliphatic hydroxyl groups is 1. The average molecular weight is 436 g/mol. The summed E-state index contributed by atoms with van der Waals surface area (Å²) in [5, 5.41) is 7.67. The van der Waals surface area contributed by atoms with E-state index in [0.29, 0.717) is 0 Å². The zero-order chi connectivity index (χ0) is 22.0. The highest BCUT2D eigenvalue weighted by Crippen LogP contribution is 2.68. The van der Waals surface area contributed by atoms with Crippen molar-refractivity contribution in [3.63, 3.8) is 0 Å². The molecule has 1 N–H and O–H groups in total. The quantitative estimate of drug-likeness (QED) is 0.622. The van der Waals surface area contributed by atoms with Crippen molar-refractivity contribution >= 4 is 0 Å².